The number of rotatable bonds is 5. The Kier molecular flexibility index (Phi) is 4.95. The molecule has 25 heavy (non-hydrogen) atoms. The van der Waals surface area contributed by atoms with Crippen LogP contribution in [0.15, 0.2) is 35.3 Å². The van der Waals surface area contributed by atoms with E-state index in [9.17, 15) is 0 Å². The Labute approximate surface area is 150 Å². The van der Waals surface area contributed by atoms with E-state index in [-0.39, 0.29) is 6.10 Å². The zero-order valence-corrected chi connectivity index (χ0v) is 15.2. The van der Waals surface area contributed by atoms with Crippen LogP contribution in [-0.2, 0) is 10.2 Å². The fraction of sp³-hybridized carbons (Fsp3) is 0.650. The van der Waals surface area contributed by atoms with Gasteiger partial charge >= 0.3 is 0 Å². The molecule has 1 aromatic carbocycles. The molecule has 0 bridgehead atoms. The van der Waals surface area contributed by atoms with Gasteiger partial charge in [0.2, 0.25) is 0 Å². The van der Waals surface area contributed by atoms with Crippen LogP contribution in [0.2, 0.25) is 0 Å². The molecule has 4 rings (SSSR count). The number of fused-ring (bicyclic) bond motifs is 1. The summed E-state index contributed by atoms with van der Waals surface area (Å²) in [5.41, 5.74) is 1.73. The van der Waals surface area contributed by atoms with Crippen molar-refractivity contribution in [2.45, 2.75) is 43.2 Å². The van der Waals surface area contributed by atoms with E-state index >= 15 is 0 Å². The third-order valence-electron chi connectivity index (χ3n) is 6.02. The molecule has 2 unspecified atom stereocenters. The van der Waals surface area contributed by atoms with Gasteiger partial charge in [0.1, 0.15) is 0 Å². The SMILES string of the molecule is CN=C(NCC1CN2CCCC2CO1)NCC1(c2ccccc2)CC1. The third-order valence-corrected chi connectivity index (χ3v) is 6.02. The van der Waals surface area contributed by atoms with Crippen LogP contribution in [-0.4, -0.2) is 62.8 Å². The van der Waals surface area contributed by atoms with Crippen molar-refractivity contribution in [3.05, 3.63) is 35.9 Å². The summed E-state index contributed by atoms with van der Waals surface area (Å²) in [5.74, 6) is 0.884. The van der Waals surface area contributed by atoms with Crippen molar-refractivity contribution in [2.24, 2.45) is 4.99 Å². The predicted octanol–water partition coefficient (Wildman–Crippen LogP) is 1.75. The van der Waals surface area contributed by atoms with E-state index in [1.807, 2.05) is 7.05 Å². The number of nitrogens with one attached hydrogen (secondary N) is 2. The molecule has 3 fully saturated rings. The molecule has 2 aliphatic heterocycles. The fourth-order valence-corrected chi connectivity index (χ4v) is 4.20. The van der Waals surface area contributed by atoms with Gasteiger partial charge in [0.15, 0.2) is 5.96 Å². The highest BCUT2D eigenvalue weighted by atomic mass is 16.5. The third kappa shape index (κ3) is 3.82. The van der Waals surface area contributed by atoms with E-state index in [4.69, 9.17) is 4.74 Å². The van der Waals surface area contributed by atoms with Crippen LogP contribution < -0.4 is 10.6 Å². The first-order valence-electron chi connectivity index (χ1n) is 9.65. The lowest BCUT2D eigenvalue weighted by Crippen LogP contribution is -2.51. The molecule has 1 aliphatic carbocycles. The van der Waals surface area contributed by atoms with Gasteiger partial charge in [-0.1, -0.05) is 30.3 Å². The number of hydrogen-bond donors (Lipinski definition) is 2. The standard InChI is InChI=1S/C20H30N4O/c1-21-19(22-12-18-13-24-11-5-8-17(24)14-25-18)23-15-20(9-10-20)16-6-3-2-4-7-16/h2-4,6-7,17-18H,5,8-15H2,1H3,(H2,21,22,23). The topological polar surface area (TPSA) is 48.9 Å². The molecule has 2 saturated heterocycles. The lowest BCUT2D eigenvalue weighted by Gasteiger charge is -2.35. The van der Waals surface area contributed by atoms with Crippen LogP contribution in [0.25, 0.3) is 0 Å². The summed E-state index contributed by atoms with van der Waals surface area (Å²) in [6.45, 7) is 4.92. The molecule has 0 spiro atoms. The maximum atomic E-state index is 6.03. The molecule has 0 amide bonds. The van der Waals surface area contributed by atoms with Gasteiger partial charge in [0, 0.05) is 38.1 Å². The first kappa shape index (κ1) is 16.9. The molecule has 2 heterocycles. The Morgan fingerprint density at radius 3 is 2.88 bits per heavy atom. The highest BCUT2D eigenvalue weighted by Gasteiger charge is 2.44. The summed E-state index contributed by atoms with van der Waals surface area (Å²) in [5, 5.41) is 6.98. The molecule has 2 N–H and O–H groups in total. The van der Waals surface area contributed by atoms with Gasteiger partial charge in [-0.25, -0.2) is 0 Å². The van der Waals surface area contributed by atoms with Crippen molar-refractivity contribution < 1.29 is 4.74 Å². The number of aliphatic imine (C=N–C) groups is 1. The monoisotopic (exact) mass is 342 g/mol. The largest absolute Gasteiger partial charge is 0.373 e. The summed E-state index contributed by atoms with van der Waals surface area (Å²) in [7, 11) is 1.84. The zero-order valence-electron chi connectivity index (χ0n) is 15.2. The average Bonchev–Trinajstić information content (AvgIpc) is 3.31. The number of hydrogen-bond acceptors (Lipinski definition) is 3. The summed E-state index contributed by atoms with van der Waals surface area (Å²) >= 11 is 0. The molecule has 136 valence electrons. The van der Waals surface area contributed by atoms with E-state index in [1.165, 1.54) is 37.8 Å². The lowest BCUT2D eigenvalue weighted by atomic mass is 9.96. The molecular weight excluding hydrogens is 312 g/mol. The molecule has 0 aromatic heterocycles. The average molecular weight is 342 g/mol. The minimum Gasteiger partial charge on any atom is -0.373 e. The first-order valence-corrected chi connectivity index (χ1v) is 9.65. The first-order chi connectivity index (χ1) is 12.3. The van der Waals surface area contributed by atoms with Crippen LogP contribution in [0, 0.1) is 0 Å². The van der Waals surface area contributed by atoms with Crippen molar-refractivity contribution in [3.8, 4) is 0 Å². The van der Waals surface area contributed by atoms with Crippen LogP contribution in [0.5, 0.6) is 0 Å². The van der Waals surface area contributed by atoms with Crippen LogP contribution in [0.1, 0.15) is 31.2 Å². The molecule has 2 atom stereocenters. The fourth-order valence-electron chi connectivity index (χ4n) is 4.20. The van der Waals surface area contributed by atoms with E-state index in [0.717, 1.165) is 32.2 Å². The number of ether oxygens (including phenoxy) is 1. The van der Waals surface area contributed by atoms with Crippen LogP contribution >= 0.6 is 0 Å². The van der Waals surface area contributed by atoms with Gasteiger partial charge in [-0.05, 0) is 37.8 Å². The van der Waals surface area contributed by atoms with E-state index in [1.54, 1.807) is 0 Å². The van der Waals surface area contributed by atoms with Crippen molar-refractivity contribution in [1.82, 2.24) is 15.5 Å². The smallest absolute Gasteiger partial charge is 0.191 e. The summed E-state index contributed by atoms with van der Waals surface area (Å²) in [4.78, 5) is 6.97. The molecule has 3 aliphatic rings. The van der Waals surface area contributed by atoms with Gasteiger partial charge in [0.25, 0.3) is 0 Å². The predicted molar refractivity (Wildman–Crippen MR) is 101 cm³/mol. The van der Waals surface area contributed by atoms with Crippen molar-refractivity contribution in [1.29, 1.82) is 0 Å². The second-order valence-electron chi connectivity index (χ2n) is 7.70. The zero-order chi connectivity index (χ0) is 17.1. The van der Waals surface area contributed by atoms with E-state index in [0.29, 0.717) is 11.5 Å². The Morgan fingerprint density at radius 2 is 2.12 bits per heavy atom. The lowest BCUT2D eigenvalue weighted by molar-refractivity contribution is -0.0453. The molecule has 5 nitrogen and oxygen atoms in total. The second-order valence-corrected chi connectivity index (χ2v) is 7.70. The Balaban J connectivity index is 1.25. The van der Waals surface area contributed by atoms with Crippen molar-refractivity contribution in [2.75, 3.05) is 39.8 Å². The van der Waals surface area contributed by atoms with Crippen molar-refractivity contribution >= 4 is 5.96 Å². The minimum absolute atomic E-state index is 0.261. The van der Waals surface area contributed by atoms with Crippen LogP contribution in [0.4, 0.5) is 0 Å². The number of benzene rings is 1. The van der Waals surface area contributed by atoms with Gasteiger partial charge in [0.05, 0.1) is 12.7 Å². The summed E-state index contributed by atoms with van der Waals surface area (Å²) < 4.78 is 6.03. The second kappa shape index (κ2) is 7.34. The van der Waals surface area contributed by atoms with Gasteiger partial charge in [-0.15, -0.1) is 0 Å². The number of guanidine groups is 1. The molecule has 1 saturated carbocycles. The normalized spacial score (nSPS) is 28.4. The quantitative estimate of drug-likeness (QED) is 0.632. The van der Waals surface area contributed by atoms with Crippen LogP contribution in [0.3, 0.4) is 0 Å². The van der Waals surface area contributed by atoms with Gasteiger partial charge in [-0.3, -0.25) is 9.89 Å². The highest BCUT2D eigenvalue weighted by Crippen LogP contribution is 2.47. The van der Waals surface area contributed by atoms with E-state index < -0.39 is 0 Å². The Hall–Kier alpha value is -1.59. The Bertz CT molecular complexity index is 599. The number of nitrogens with zero attached hydrogens (tertiary/aromatic N) is 2. The number of morpholine rings is 1. The maximum Gasteiger partial charge on any atom is 0.191 e. The van der Waals surface area contributed by atoms with Gasteiger partial charge in [-0.2, -0.15) is 0 Å². The molecule has 1 aromatic rings. The molecule has 5 heteroatoms. The van der Waals surface area contributed by atoms with Gasteiger partial charge < -0.3 is 15.4 Å². The molecule has 0 radical (unpaired) electrons. The highest BCUT2D eigenvalue weighted by molar-refractivity contribution is 5.79. The maximum absolute atomic E-state index is 6.03. The minimum atomic E-state index is 0.261. The van der Waals surface area contributed by atoms with Crippen molar-refractivity contribution in [3.63, 3.8) is 0 Å². The summed E-state index contributed by atoms with van der Waals surface area (Å²) in [6.07, 6.45) is 5.38. The Morgan fingerprint density at radius 1 is 1.28 bits per heavy atom. The van der Waals surface area contributed by atoms with E-state index in [2.05, 4.69) is 50.9 Å². The molecular formula is C20H30N4O. The summed E-state index contributed by atoms with van der Waals surface area (Å²) in [6, 6.07) is 11.5.